The first-order valence-corrected chi connectivity index (χ1v) is 8.52. The third-order valence-electron chi connectivity index (χ3n) is 3.02. The highest BCUT2D eigenvalue weighted by Gasteiger charge is 2.04. The van der Waals surface area contributed by atoms with E-state index in [-0.39, 0.29) is 6.61 Å². The van der Waals surface area contributed by atoms with Crippen LogP contribution in [0.2, 0.25) is 10.0 Å². The summed E-state index contributed by atoms with van der Waals surface area (Å²) in [5, 5.41) is 22.4. The summed E-state index contributed by atoms with van der Waals surface area (Å²) in [5.74, 6) is 0.770. The van der Waals surface area contributed by atoms with Gasteiger partial charge in [-0.25, -0.2) is 0 Å². The molecule has 2 aromatic rings. The molecule has 0 aliphatic rings. The van der Waals surface area contributed by atoms with Crippen LogP contribution in [0.15, 0.2) is 47.4 Å². The number of aliphatic hydroxyl groups excluding tert-OH is 2. The Balaban J connectivity index is 1.88. The zero-order chi connectivity index (χ0) is 15.9. The largest absolute Gasteiger partial charge is 0.394 e. The summed E-state index contributed by atoms with van der Waals surface area (Å²) in [6, 6.07) is 13.4. The first-order chi connectivity index (χ1) is 10.6. The zero-order valence-electron chi connectivity index (χ0n) is 11.8. The van der Waals surface area contributed by atoms with Gasteiger partial charge in [0.2, 0.25) is 0 Å². The first kappa shape index (κ1) is 17.4. The molecule has 2 aromatic carbocycles. The van der Waals surface area contributed by atoms with Crippen molar-refractivity contribution in [1.29, 1.82) is 0 Å². The average molecular weight is 358 g/mol. The van der Waals surface area contributed by atoms with Crippen LogP contribution in [-0.4, -0.2) is 29.5 Å². The van der Waals surface area contributed by atoms with Gasteiger partial charge in [-0.3, -0.25) is 0 Å². The molecule has 0 spiro atoms. The highest BCUT2D eigenvalue weighted by Crippen LogP contribution is 2.29. The predicted molar refractivity (Wildman–Crippen MR) is 94.0 cm³/mol. The summed E-state index contributed by atoms with van der Waals surface area (Å²) in [5.41, 5.74) is 1.95. The molecule has 0 saturated heterocycles. The average Bonchev–Trinajstić information content (AvgIpc) is 2.52. The Hall–Kier alpha value is -0.910. The summed E-state index contributed by atoms with van der Waals surface area (Å²) in [7, 11) is 0. The fraction of sp³-hybridized carbons (Fsp3) is 0.250. The van der Waals surface area contributed by atoms with Gasteiger partial charge in [-0.15, -0.1) is 11.8 Å². The van der Waals surface area contributed by atoms with Crippen molar-refractivity contribution in [2.75, 3.05) is 18.5 Å². The quantitative estimate of drug-likeness (QED) is 0.654. The van der Waals surface area contributed by atoms with Gasteiger partial charge >= 0.3 is 0 Å². The van der Waals surface area contributed by atoms with Crippen molar-refractivity contribution < 1.29 is 10.2 Å². The van der Waals surface area contributed by atoms with E-state index in [0.29, 0.717) is 16.6 Å². The first-order valence-electron chi connectivity index (χ1n) is 6.78. The number of rotatable bonds is 7. The molecule has 22 heavy (non-hydrogen) atoms. The Morgan fingerprint density at radius 2 is 1.82 bits per heavy atom. The van der Waals surface area contributed by atoms with Crippen LogP contribution in [0.5, 0.6) is 0 Å². The van der Waals surface area contributed by atoms with Crippen molar-refractivity contribution in [2.45, 2.75) is 16.8 Å². The lowest BCUT2D eigenvalue weighted by molar-refractivity contribution is 0.105. The molecule has 0 radical (unpaired) electrons. The lowest BCUT2D eigenvalue weighted by atomic mass is 10.2. The molecule has 1 unspecified atom stereocenters. The standard InChI is InChI=1S/C16H17Cl2NO2S/c17-12-2-1-11(16(18)7-12)10-22-15-5-3-13(4-6-15)19-8-14(21)9-20/h1-7,14,19-21H,8-10H2. The van der Waals surface area contributed by atoms with Crippen LogP contribution in [0, 0.1) is 0 Å². The second-order valence-electron chi connectivity index (χ2n) is 4.77. The van der Waals surface area contributed by atoms with Crippen LogP contribution in [0.1, 0.15) is 5.56 Å². The molecule has 0 aliphatic heterocycles. The Morgan fingerprint density at radius 3 is 2.45 bits per heavy atom. The van der Waals surface area contributed by atoms with Gasteiger partial charge in [0.15, 0.2) is 0 Å². The van der Waals surface area contributed by atoms with E-state index >= 15 is 0 Å². The summed E-state index contributed by atoms with van der Waals surface area (Å²) < 4.78 is 0. The summed E-state index contributed by atoms with van der Waals surface area (Å²) in [4.78, 5) is 1.12. The van der Waals surface area contributed by atoms with Crippen molar-refractivity contribution >= 4 is 40.7 Å². The minimum atomic E-state index is -0.749. The van der Waals surface area contributed by atoms with Gasteiger partial charge in [0.25, 0.3) is 0 Å². The molecular weight excluding hydrogens is 341 g/mol. The van der Waals surface area contributed by atoms with E-state index in [1.54, 1.807) is 17.8 Å². The molecule has 0 aliphatic carbocycles. The van der Waals surface area contributed by atoms with E-state index in [9.17, 15) is 5.11 Å². The molecule has 0 bridgehead atoms. The molecule has 3 N–H and O–H groups in total. The number of aliphatic hydroxyl groups is 2. The Labute approximate surface area is 144 Å². The third kappa shape index (κ3) is 5.38. The van der Waals surface area contributed by atoms with E-state index in [2.05, 4.69) is 5.32 Å². The number of anilines is 1. The summed E-state index contributed by atoms with van der Waals surface area (Å²) in [6.07, 6.45) is -0.749. The number of benzene rings is 2. The summed E-state index contributed by atoms with van der Waals surface area (Å²) >= 11 is 13.7. The van der Waals surface area contributed by atoms with Crippen LogP contribution in [-0.2, 0) is 5.75 Å². The van der Waals surface area contributed by atoms with Gasteiger partial charge in [-0.1, -0.05) is 29.3 Å². The lowest BCUT2D eigenvalue weighted by Gasteiger charge is -2.10. The summed E-state index contributed by atoms with van der Waals surface area (Å²) in [6.45, 7) is 0.0756. The van der Waals surface area contributed by atoms with Crippen LogP contribution < -0.4 is 5.32 Å². The van der Waals surface area contributed by atoms with Crippen molar-refractivity contribution in [2.24, 2.45) is 0 Å². The normalized spacial score (nSPS) is 12.2. The molecule has 118 valence electrons. The van der Waals surface area contributed by atoms with Crippen LogP contribution in [0.3, 0.4) is 0 Å². The van der Waals surface area contributed by atoms with Crippen LogP contribution >= 0.6 is 35.0 Å². The van der Waals surface area contributed by atoms with E-state index < -0.39 is 6.10 Å². The minimum Gasteiger partial charge on any atom is -0.394 e. The van der Waals surface area contributed by atoms with E-state index in [1.807, 2.05) is 36.4 Å². The molecule has 0 aromatic heterocycles. The van der Waals surface area contributed by atoms with Gasteiger partial charge in [-0.05, 0) is 42.0 Å². The molecule has 0 heterocycles. The molecule has 0 saturated carbocycles. The molecule has 1 atom stereocenters. The Bertz CT molecular complexity index is 608. The molecule has 3 nitrogen and oxygen atoms in total. The number of hydrogen-bond acceptors (Lipinski definition) is 4. The minimum absolute atomic E-state index is 0.247. The second kappa shape index (κ2) is 8.65. The highest BCUT2D eigenvalue weighted by atomic mass is 35.5. The maximum absolute atomic E-state index is 9.29. The fourth-order valence-corrected chi connectivity index (χ4v) is 3.23. The van der Waals surface area contributed by atoms with Gasteiger partial charge in [0, 0.05) is 32.9 Å². The maximum Gasteiger partial charge on any atom is 0.0942 e. The molecule has 0 amide bonds. The topological polar surface area (TPSA) is 52.5 Å². The number of halogens is 2. The van der Waals surface area contributed by atoms with Gasteiger partial charge in [-0.2, -0.15) is 0 Å². The monoisotopic (exact) mass is 357 g/mol. The zero-order valence-corrected chi connectivity index (χ0v) is 14.1. The van der Waals surface area contributed by atoms with E-state index in [0.717, 1.165) is 21.9 Å². The van der Waals surface area contributed by atoms with Crippen molar-refractivity contribution in [3.63, 3.8) is 0 Å². The van der Waals surface area contributed by atoms with E-state index in [4.69, 9.17) is 28.3 Å². The molecular formula is C16H17Cl2NO2S. The highest BCUT2D eigenvalue weighted by molar-refractivity contribution is 7.98. The predicted octanol–water partition coefficient (Wildman–Crippen LogP) is 4.05. The molecule has 0 fully saturated rings. The van der Waals surface area contributed by atoms with Gasteiger partial charge in [0.1, 0.15) is 0 Å². The lowest BCUT2D eigenvalue weighted by Crippen LogP contribution is -2.22. The maximum atomic E-state index is 9.29. The Morgan fingerprint density at radius 1 is 1.09 bits per heavy atom. The van der Waals surface area contributed by atoms with Gasteiger partial charge < -0.3 is 15.5 Å². The van der Waals surface area contributed by atoms with E-state index in [1.165, 1.54) is 0 Å². The SMILES string of the molecule is OCC(O)CNc1ccc(SCc2ccc(Cl)cc2Cl)cc1. The molecule has 6 heteroatoms. The second-order valence-corrected chi connectivity index (χ2v) is 6.66. The Kier molecular flexibility index (Phi) is 6.86. The molecule has 2 rings (SSSR count). The van der Waals surface area contributed by atoms with Crippen LogP contribution in [0.4, 0.5) is 5.69 Å². The third-order valence-corrected chi connectivity index (χ3v) is 4.66. The number of thioether (sulfide) groups is 1. The number of nitrogens with one attached hydrogen (secondary N) is 1. The van der Waals surface area contributed by atoms with Crippen molar-refractivity contribution in [3.8, 4) is 0 Å². The van der Waals surface area contributed by atoms with Crippen molar-refractivity contribution in [1.82, 2.24) is 0 Å². The number of hydrogen-bond donors (Lipinski definition) is 3. The van der Waals surface area contributed by atoms with Crippen LogP contribution in [0.25, 0.3) is 0 Å². The smallest absolute Gasteiger partial charge is 0.0942 e. The van der Waals surface area contributed by atoms with Gasteiger partial charge in [0.05, 0.1) is 12.7 Å². The van der Waals surface area contributed by atoms with Crippen molar-refractivity contribution in [3.05, 3.63) is 58.1 Å². The fourth-order valence-electron chi connectivity index (χ4n) is 1.77.